The van der Waals surface area contributed by atoms with Crippen molar-refractivity contribution in [2.45, 2.75) is 0 Å². The smallest absolute Gasteiger partial charge is 0.150 e. The van der Waals surface area contributed by atoms with Crippen LogP contribution < -0.4 is 0 Å². The molecule has 0 saturated heterocycles. The molecule has 0 N–H and O–H groups in total. The molecule has 0 atom stereocenters. The summed E-state index contributed by atoms with van der Waals surface area (Å²) in [6.07, 6.45) is 2.62. The number of nitrogens with zero attached hydrogens (tertiary/aromatic N) is 2. The van der Waals surface area contributed by atoms with E-state index in [4.69, 9.17) is 4.98 Å². The highest BCUT2D eigenvalue weighted by atomic mass is 16.1. The Morgan fingerprint density at radius 1 is 0.750 bits per heavy atom. The van der Waals surface area contributed by atoms with Crippen LogP contribution in [-0.2, 0) is 0 Å². The van der Waals surface area contributed by atoms with Gasteiger partial charge in [0.15, 0.2) is 0 Å². The second kappa shape index (κ2) is 6.05. The first-order valence-corrected chi connectivity index (χ1v) is 7.72. The molecular weight excluding hydrogens is 296 g/mol. The summed E-state index contributed by atoms with van der Waals surface area (Å²) in [5.74, 6) is 0. The third-order valence-corrected chi connectivity index (χ3v) is 3.99. The average molecular weight is 310 g/mol. The van der Waals surface area contributed by atoms with Gasteiger partial charge in [-0.25, -0.2) is 4.98 Å². The van der Waals surface area contributed by atoms with Gasteiger partial charge in [-0.05, 0) is 23.8 Å². The first-order chi connectivity index (χ1) is 11.8. The molecule has 3 nitrogen and oxygen atoms in total. The van der Waals surface area contributed by atoms with Gasteiger partial charge >= 0.3 is 0 Å². The maximum atomic E-state index is 10.9. The summed E-state index contributed by atoms with van der Waals surface area (Å²) in [6, 6.07) is 23.5. The zero-order valence-corrected chi connectivity index (χ0v) is 12.9. The predicted octanol–water partition coefficient (Wildman–Crippen LogP) is 4.78. The molecular formula is C21H14N2O. The van der Waals surface area contributed by atoms with Gasteiger partial charge in [0, 0.05) is 22.9 Å². The number of rotatable bonds is 3. The lowest BCUT2D eigenvalue weighted by Gasteiger charge is -2.11. The molecule has 0 saturated carbocycles. The zero-order chi connectivity index (χ0) is 16.4. The Morgan fingerprint density at radius 2 is 1.54 bits per heavy atom. The molecule has 0 unspecified atom stereocenters. The summed E-state index contributed by atoms with van der Waals surface area (Å²) in [7, 11) is 0. The highest BCUT2D eigenvalue weighted by molar-refractivity contribution is 5.90. The molecule has 2 heterocycles. The van der Waals surface area contributed by atoms with Crippen molar-refractivity contribution in [2.24, 2.45) is 0 Å². The molecule has 0 bridgehead atoms. The number of hydrogen-bond donors (Lipinski definition) is 0. The lowest BCUT2D eigenvalue weighted by atomic mass is 9.98. The van der Waals surface area contributed by atoms with Crippen molar-refractivity contribution in [3.05, 3.63) is 84.6 Å². The summed E-state index contributed by atoms with van der Waals surface area (Å²) in [5.41, 5.74) is 6.36. The molecule has 0 radical (unpaired) electrons. The molecule has 2 aromatic heterocycles. The number of aldehydes is 1. The van der Waals surface area contributed by atoms with Crippen LogP contribution in [0.2, 0.25) is 0 Å². The Hall–Kier alpha value is -3.33. The minimum Gasteiger partial charge on any atom is -0.298 e. The summed E-state index contributed by atoms with van der Waals surface area (Å²) in [6.45, 7) is 0. The normalized spacial score (nSPS) is 10.7. The van der Waals surface area contributed by atoms with Crippen molar-refractivity contribution in [2.75, 3.05) is 0 Å². The molecule has 0 amide bonds. The fourth-order valence-electron chi connectivity index (χ4n) is 2.78. The number of carbonyl (C=O) groups excluding carboxylic acids is 1. The number of aromatic nitrogens is 2. The van der Waals surface area contributed by atoms with E-state index in [0.717, 1.165) is 39.7 Å². The molecule has 2 aromatic carbocycles. The minimum atomic E-state index is 0.655. The van der Waals surface area contributed by atoms with Crippen molar-refractivity contribution >= 4 is 17.3 Å². The highest BCUT2D eigenvalue weighted by Crippen LogP contribution is 2.32. The number of hydrogen-bond acceptors (Lipinski definition) is 3. The van der Waals surface area contributed by atoms with Crippen LogP contribution in [0.1, 0.15) is 10.4 Å². The van der Waals surface area contributed by atoms with Crippen molar-refractivity contribution < 1.29 is 4.79 Å². The van der Waals surface area contributed by atoms with E-state index < -0.39 is 0 Å². The van der Waals surface area contributed by atoms with Gasteiger partial charge < -0.3 is 0 Å². The van der Waals surface area contributed by atoms with Crippen LogP contribution >= 0.6 is 0 Å². The van der Waals surface area contributed by atoms with Crippen LogP contribution in [0.4, 0.5) is 0 Å². The quantitative estimate of drug-likeness (QED) is 0.512. The van der Waals surface area contributed by atoms with Crippen LogP contribution in [0, 0.1) is 0 Å². The Labute approximate surface area is 139 Å². The van der Waals surface area contributed by atoms with Gasteiger partial charge in [0.25, 0.3) is 0 Å². The third kappa shape index (κ3) is 2.57. The summed E-state index contributed by atoms with van der Waals surface area (Å²) >= 11 is 0. The topological polar surface area (TPSA) is 42.9 Å². The van der Waals surface area contributed by atoms with Gasteiger partial charge in [0.2, 0.25) is 0 Å². The largest absolute Gasteiger partial charge is 0.298 e. The number of benzene rings is 2. The van der Waals surface area contributed by atoms with Crippen LogP contribution in [0.5, 0.6) is 0 Å². The van der Waals surface area contributed by atoms with Gasteiger partial charge in [-0.1, -0.05) is 54.6 Å². The standard InChI is InChI=1S/C21H14N2O/c24-14-15-8-10-17(11-9-15)21-18(16-5-2-1-3-6-16)13-20-19(23-21)7-4-12-22-20/h1-14H. The molecule has 114 valence electrons. The third-order valence-electron chi connectivity index (χ3n) is 3.99. The van der Waals surface area contributed by atoms with Gasteiger partial charge in [-0.3, -0.25) is 9.78 Å². The highest BCUT2D eigenvalue weighted by Gasteiger charge is 2.11. The predicted molar refractivity (Wildman–Crippen MR) is 95.8 cm³/mol. The molecule has 4 rings (SSSR count). The number of carbonyl (C=O) groups is 1. The first kappa shape index (κ1) is 14.3. The number of pyridine rings is 2. The van der Waals surface area contributed by atoms with E-state index in [1.54, 1.807) is 6.20 Å². The summed E-state index contributed by atoms with van der Waals surface area (Å²) in [5, 5.41) is 0. The van der Waals surface area contributed by atoms with Crippen molar-refractivity contribution in [1.82, 2.24) is 9.97 Å². The van der Waals surface area contributed by atoms with Gasteiger partial charge in [0.1, 0.15) is 6.29 Å². The van der Waals surface area contributed by atoms with Gasteiger partial charge in [-0.2, -0.15) is 0 Å². The van der Waals surface area contributed by atoms with E-state index >= 15 is 0 Å². The second-order valence-corrected chi connectivity index (χ2v) is 5.53. The van der Waals surface area contributed by atoms with E-state index in [1.807, 2.05) is 54.6 Å². The maximum absolute atomic E-state index is 10.9. The van der Waals surface area contributed by atoms with Crippen molar-refractivity contribution in [1.29, 1.82) is 0 Å². The lowest BCUT2D eigenvalue weighted by molar-refractivity contribution is 0.112. The van der Waals surface area contributed by atoms with Gasteiger partial charge in [-0.15, -0.1) is 0 Å². The average Bonchev–Trinajstić information content (AvgIpc) is 2.68. The van der Waals surface area contributed by atoms with Crippen LogP contribution in [0.3, 0.4) is 0 Å². The fourth-order valence-corrected chi connectivity index (χ4v) is 2.78. The molecule has 24 heavy (non-hydrogen) atoms. The monoisotopic (exact) mass is 310 g/mol. The molecule has 0 aliphatic heterocycles. The number of fused-ring (bicyclic) bond motifs is 1. The molecule has 0 fully saturated rings. The fraction of sp³-hybridized carbons (Fsp3) is 0. The van der Waals surface area contributed by atoms with E-state index in [1.165, 1.54) is 0 Å². The molecule has 0 aliphatic carbocycles. The minimum absolute atomic E-state index is 0.655. The molecule has 3 heteroatoms. The SMILES string of the molecule is O=Cc1ccc(-c2nc3cccnc3cc2-c2ccccc2)cc1. The molecule has 4 aromatic rings. The zero-order valence-electron chi connectivity index (χ0n) is 12.9. The van der Waals surface area contributed by atoms with Gasteiger partial charge in [0.05, 0.1) is 16.7 Å². The Kier molecular flexibility index (Phi) is 3.60. The molecule has 0 aliphatic rings. The van der Waals surface area contributed by atoms with E-state index in [-0.39, 0.29) is 0 Å². The second-order valence-electron chi connectivity index (χ2n) is 5.53. The van der Waals surface area contributed by atoms with Crippen LogP contribution in [0.15, 0.2) is 79.0 Å². The van der Waals surface area contributed by atoms with Crippen molar-refractivity contribution in [3.63, 3.8) is 0 Å². The van der Waals surface area contributed by atoms with E-state index in [0.29, 0.717) is 5.56 Å². The Bertz CT molecular complexity index is 1010. The van der Waals surface area contributed by atoms with Crippen molar-refractivity contribution in [3.8, 4) is 22.4 Å². The van der Waals surface area contributed by atoms with E-state index in [2.05, 4.69) is 23.2 Å². The summed E-state index contributed by atoms with van der Waals surface area (Å²) in [4.78, 5) is 20.1. The van der Waals surface area contributed by atoms with Crippen LogP contribution in [0.25, 0.3) is 33.4 Å². The molecule has 0 spiro atoms. The summed E-state index contributed by atoms with van der Waals surface area (Å²) < 4.78 is 0. The Morgan fingerprint density at radius 3 is 2.29 bits per heavy atom. The first-order valence-electron chi connectivity index (χ1n) is 7.72. The van der Waals surface area contributed by atoms with Crippen LogP contribution in [-0.4, -0.2) is 16.3 Å². The Balaban J connectivity index is 1.99. The maximum Gasteiger partial charge on any atom is 0.150 e. The van der Waals surface area contributed by atoms with E-state index in [9.17, 15) is 4.79 Å². The lowest BCUT2D eigenvalue weighted by Crippen LogP contribution is -1.93.